The molecule has 1 saturated heterocycles. The second-order valence-corrected chi connectivity index (χ2v) is 7.02. The number of nitrogens with two attached hydrogens (primary N) is 1. The first-order valence-electron chi connectivity index (χ1n) is 9.02. The Balaban J connectivity index is 1.38. The van der Waals surface area contributed by atoms with Crippen LogP contribution < -0.4 is 5.73 Å². The molecule has 2 N–H and O–H groups in total. The minimum absolute atomic E-state index is 0.242. The molecule has 2 fully saturated rings. The van der Waals surface area contributed by atoms with Crippen molar-refractivity contribution in [3.63, 3.8) is 0 Å². The van der Waals surface area contributed by atoms with Gasteiger partial charge in [0.2, 0.25) is 5.91 Å². The summed E-state index contributed by atoms with van der Waals surface area (Å²) >= 11 is 0. The average Bonchev–Trinajstić information content (AvgIpc) is 2.99. The highest BCUT2D eigenvalue weighted by molar-refractivity contribution is 5.76. The number of amides is 1. The minimum atomic E-state index is 0.242. The summed E-state index contributed by atoms with van der Waals surface area (Å²) in [5.41, 5.74) is 7.48. The van der Waals surface area contributed by atoms with E-state index in [0.717, 1.165) is 52.0 Å². The number of carbonyl (C=O) groups is 1. The summed E-state index contributed by atoms with van der Waals surface area (Å²) in [5, 5.41) is 0. The lowest BCUT2D eigenvalue weighted by Gasteiger charge is -2.35. The van der Waals surface area contributed by atoms with Gasteiger partial charge in [0.05, 0.1) is 0 Å². The molecule has 0 bridgehead atoms. The van der Waals surface area contributed by atoms with Crippen molar-refractivity contribution in [2.45, 2.75) is 38.1 Å². The predicted octanol–water partition coefficient (Wildman–Crippen LogP) is 1.89. The van der Waals surface area contributed by atoms with E-state index in [9.17, 15) is 4.79 Å². The van der Waals surface area contributed by atoms with Gasteiger partial charge in [-0.05, 0) is 30.7 Å². The molecule has 1 amide bonds. The highest BCUT2D eigenvalue weighted by Gasteiger charge is 2.29. The lowest BCUT2D eigenvalue weighted by molar-refractivity contribution is -0.134. The van der Waals surface area contributed by atoms with Crippen LogP contribution in [0.2, 0.25) is 0 Å². The number of carbonyl (C=O) groups excluding carboxylic acids is 1. The summed E-state index contributed by atoms with van der Waals surface area (Å²) in [6.45, 7) is 4.81. The van der Waals surface area contributed by atoms with E-state index >= 15 is 0 Å². The van der Waals surface area contributed by atoms with Gasteiger partial charge in [0.25, 0.3) is 0 Å². The number of rotatable bonds is 5. The number of benzene rings is 1. The molecule has 1 aliphatic carbocycles. The Bertz CT molecular complexity index is 497. The topological polar surface area (TPSA) is 49.6 Å². The zero-order valence-corrected chi connectivity index (χ0v) is 14.0. The Morgan fingerprint density at radius 2 is 1.83 bits per heavy atom. The van der Waals surface area contributed by atoms with E-state index in [4.69, 9.17) is 5.73 Å². The van der Waals surface area contributed by atoms with Crippen LogP contribution in [0.25, 0.3) is 0 Å². The molecule has 1 heterocycles. The number of nitrogens with zero attached hydrogens (tertiary/aromatic N) is 2. The number of hydrogen-bond donors (Lipinski definition) is 1. The summed E-state index contributed by atoms with van der Waals surface area (Å²) < 4.78 is 0. The van der Waals surface area contributed by atoms with E-state index in [0.29, 0.717) is 18.2 Å². The molecule has 0 spiro atoms. The van der Waals surface area contributed by atoms with Crippen molar-refractivity contribution < 1.29 is 4.79 Å². The van der Waals surface area contributed by atoms with Gasteiger partial charge in [-0.3, -0.25) is 9.69 Å². The largest absolute Gasteiger partial charge is 0.340 e. The van der Waals surface area contributed by atoms with Crippen LogP contribution in [0.5, 0.6) is 0 Å². The third-order valence-electron chi connectivity index (χ3n) is 5.44. The normalized spacial score (nSPS) is 25.7. The van der Waals surface area contributed by atoms with Gasteiger partial charge >= 0.3 is 0 Å². The highest BCUT2D eigenvalue weighted by atomic mass is 16.2. The lowest BCUT2D eigenvalue weighted by atomic mass is 9.99. The summed E-state index contributed by atoms with van der Waals surface area (Å²) in [5.74, 6) is 0.730. The number of piperazine rings is 1. The molecule has 4 nitrogen and oxygen atoms in total. The van der Waals surface area contributed by atoms with E-state index in [2.05, 4.69) is 35.2 Å². The van der Waals surface area contributed by atoms with Crippen LogP contribution in [-0.4, -0.2) is 54.5 Å². The van der Waals surface area contributed by atoms with Crippen molar-refractivity contribution in [1.82, 2.24) is 9.80 Å². The fourth-order valence-corrected chi connectivity index (χ4v) is 3.83. The molecule has 0 radical (unpaired) electrons. The molecular formula is C19H29N3O. The first-order chi connectivity index (χ1) is 11.2. The summed E-state index contributed by atoms with van der Waals surface area (Å²) in [6, 6.07) is 10.9. The Morgan fingerprint density at radius 1 is 1.09 bits per heavy atom. The minimum Gasteiger partial charge on any atom is -0.340 e. The summed E-state index contributed by atoms with van der Waals surface area (Å²) in [6.07, 6.45) is 5.15. The fraction of sp³-hybridized carbons (Fsp3) is 0.632. The van der Waals surface area contributed by atoms with Crippen LogP contribution in [0.1, 0.15) is 31.2 Å². The molecule has 1 aromatic carbocycles. The maximum atomic E-state index is 12.4. The van der Waals surface area contributed by atoms with E-state index in [1.54, 1.807) is 0 Å². The lowest BCUT2D eigenvalue weighted by Crippen LogP contribution is -2.49. The first kappa shape index (κ1) is 16.5. The molecule has 1 saturated carbocycles. The fourth-order valence-electron chi connectivity index (χ4n) is 3.83. The molecule has 3 rings (SSSR count). The molecule has 2 atom stereocenters. The Labute approximate surface area is 139 Å². The van der Waals surface area contributed by atoms with Gasteiger partial charge < -0.3 is 10.6 Å². The van der Waals surface area contributed by atoms with Crippen molar-refractivity contribution in [3.8, 4) is 0 Å². The van der Waals surface area contributed by atoms with Crippen molar-refractivity contribution in [2.24, 2.45) is 11.7 Å². The van der Waals surface area contributed by atoms with Crippen LogP contribution in [0.3, 0.4) is 0 Å². The zero-order chi connectivity index (χ0) is 16.1. The first-order valence-corrected chi connectivity index (χ1v) is 9.02. The van der Waals surface area contributed by atoms with Crippen molar-refractivity contribution in [2.75, 3.05) is 32.7 Å². The van der Waals surface area contributed by atoms with Gasteiger partial charge in [-0.25, -0.2) is 0 Å². The van der Waals surface area contributed by atoms with E-state index in [-0.39, 0.29) is 6.04 Å². The van der Waals surface area contributed by atoms with Gasteiger partial charge in [0.15, 0.2) is 0 Å². The molecule has 0 aromatic heterocycles. The molecule has 2 aliphatic rings. The quantitative estimate of drug-likeness (QED) is 0.903. The zero-order valence-electron chi connectivity index (χ0n) is 14.0. The maximum absolute atomic E-state index is 12.4. The second-order valence-electron chi connectivity index (χ2n) is 7.02. The predicted molar refractivity (Wildman–Crippen MR) is 93.1 cm³/mol. The van der Waals surface area contributed by atoms with Crippen molar-refractivity contribution in [3.05, 3.63) is 35.9 Å². The maximum Gasteiger partial charge on any atom is 0.222 e. The van der Waals surface area contributed by atoms with Crippen LogP contribution in [0, 0.1) is 5.92 Å². The Morgan fingerprint density at radius 3 is 2.48 bits per heavy atom. The molecule has 1 aromatic rings. The Hall–Kier alpha value is -1.39. The third-order valence-corrected chi connectivity index (χ3v) is 5.44. The van der Waals surface area contributed by atoms with E-state index < -0.39 is 0 Å². The van der Waals surface area contributed by atoms with Gasteiger partial charge in [-0.1, -0.05) is 36.8 Å². The summed E-state index contributed by atoms with van der Waals surface area (Å²) in [7, 11) is 0. The van der Waals surface area contributed by atoms with Gasteiger partial charge in [-0.2, -0.15) is 0 Å². The molecule has 126 valence electrons. The molecule has 1 aliphatic heterocycles. The standard InChI is InChI=1S/C19H29N3O/c20-18-8-4-7-17(18)15-19(23)22-13-11-21(12-14-22)10-9-16-5-2-1-3-6-16/h1-3,5-6,17-18H,4,7-15,20H2/t17-,18+/m0/s1. The van der Waals surface area contributed by atoms with Crippen LogP contribution in [-0.2, 0) is 11.2 Å². The molecule has 23 heavy (non-hydrogen) atoms. The SMILES string of the molecule is N[C@@H]1CCC[C@H]1CC(=O)N1CCN(CCc2ccccc2)CC1. The van der Waals surface area contributed by atoms with Gasteiger partial charge in [0, 0.05) is 45.2 Å². The molecule has 0 unspecified atom stereocenters. The summed E-state index contributed by atoms with van der Waals surface area (Å²) in [4.78, 5) is 17.0. The monoisotopic (exact) mass is 315 g/mol. The average molecular weight is 315 g/mol. The van der Waals surface area contributed by atoms with Gasteiger partial charge in [-0.15, -0.1) is 0 Å². The van der Waals surface area contributed by atoms with Crippen molar-refractivity contribution in [1.29, 1.82) is 0 Å². The van der Waals surface area contributed by atoms with E-state index in [1.807, 2.05) is 4.90 Å². The van der Waals surface area contributed by atoms with Gasteiger partial charge in [0.1, 0.15) is 0 Å². The van der Waals surface area contributed by atoms with E-state index in [1.165, 1.54) is 12.0 Å². The van der Waals surface area contributed by atoms with Crippen LogP contribution in [0.4, 0.5) is 0 Å². The van der Waals surface area contributed by atoms with Crippen LogP contribution in [0.15, 0.2) is 30.3 Å². The number of hydrogen-bond acceptors (Lipinski definition) is 3. The van der Waals surface area contributed by atoms with Crippen molar-refractivity contribution >= 4 is 5.91 Å². The molecular weight excluding hydrogens is 286 g/mol. The third kappa shape index (κ3) is 4.55. The second kappa shape index (κ2) is 7.93. The molecule has 4 heteroatoms. The van der Waals surface area contributed by atoms with Crippen LogP contribution >= 0.6 is 0 Å². The Kier molecular flexibility index (Phi) is 5.68. The smallest absolute Gasteiger partial charge is 0.222 e. The highest BCUT2D eigenvalue weighted by Crippen LogP contribution is 2.27.